The average molecular weight is 317 g/mol. The summed E-state index contributed by atoms with van der Waals surface area (Å²) in [7, 11) is 0. The van der Waals surface area contributed by atoms with Gasteiger partial charge in [-0.25, -0.2) is 5.06 Å². The maximum Gasteiger partial charge on any atom is 0.249 e. The summed E-state index contributed by atoms with van der Waals surface area (Å²) in [5.74, 6) is 0.0991. The fourth-order valence-corrected chi connectivity index (χ4v) is 2.84. The van der Waals surface area contributed by atoms with Crippen LogP contribution in [0.3, 0.4) is 0 Å². The molecule has 6 heteroatoms. The average Bonchev–Trinajstić information content (AvgIpc) is 2.84. The minimum atomic E-state index is 0. The fourth-order valence-electron chi connectivity index (χ4n) is 2.72. The van der Waals surface area contributed by atoms with Crippen molar-refractivity contribution < 1.29 is 9.63 Å². The van der Waals surface area contributed by atoms with E-state index < -0.39 is 0 Å². The molecule has 2 fully saturated rings. The molecule has 20 heavy (non-hydrogen) atoms. The summed E-state index contributed by atoms with van der Waals surface area (Å²) in [4.78, 5) is 17.9. The van der Waals surface area contributed by atoms with Crippen molar-refractivity contribution in [3.05, 3.63) is 34.9 Å². The van der Waals surface area contributed by atoms with Gasteiger partial charge in [0.2, 0.25) is 5.91 Å². The van der Waals surface area contributed by atoms with E-state index in [-0.39, 0.29) is 36.3 Å². The summed E-state index contributed by atoms with van der Waals surface area (Å²) in [6.07, 6.45) is 2.37. The number of halogens is 2. The van der Waals surface area contributed by atoms with E-state index in [1.807, 2.05) is 24.3 Å². The van der Waals surface area contributed by atoms with E-state index in [9.17, 15) is 4.79 Å². The first-order valence-electron chi connectivity index (χ1n) is 6.62. The molecule has 0 bridgehead atoms. The summed E-state index contributed by atoms with van der Waals surface area (Å²) in [6, 6.07) is 7.77. The number of nitrogens with zero attached hydrogens (tertiary/aromatic N) is 1. The van der Waals surface area contributed by atoms with Gasteiger partial charge in [0, 0.05) is 23.4 Å². The second-order valence-corrected chi connectivity index (χ2v) is 5.72. The Kier molecular flexibility index (Phi) is 4.91. The van der Waals surface area contributed by atoms with E-state index >= 15 is 0 Å². The Morgan fingerprint density at radius 2 is 1.95 bits per heavy atom. The van der Waals surface area contributed by atoms with Crippen molar-refractivity contribution in [1.29, 1.82) is 0 Å². The molecule has 1 atom stereocenters. The van der Waals surface area contributed by atoms with Gasteiger partial charge in [-0.1, -0.05) is 23.7 Å². The van der Waals surface area contributed by atoms with Crippen LogP contribution in [0.5, 0.6) is 0 Å². The second-order valence-electron chi connectivity index (χ2n) is 5.28. The lowest BCUT2D eigenvalue weighted by molar-refractivity contribution is -0.185. The quantitative estimate of drug-likeness (QED) is 0.912. The van der Waals surface area contributed by atoms with Crippen LogP contribution in [-0.4, -0.2) is 23.6 Å². The SMILES string of the molecule is Cl.N[C@H]1C[C@@H](C(=O)N2OCC[C@H]2c2ccc(Cl)cc2)C1. The standard InChI is InChI=1S/C14H17ClN2O2.ClH/c15-11-3-1-9(2-4-11)13-5-6-19-17(13)14(18)10-7-12(16)8-10;/h1-4,10,12-13H,5-8,16H2;1H/t10-,12+,13-;/m0./s1. The van der Waals surface area contributed by atoms with Crippen molar-refractivity contribution in [1.82, 2.24) is 5.06 Å². The molecule has 1 aromatic carbocycles. The van der Waals surface area contributed by atoms with Crippen molar-refractivity contribution in [3.8, 4) is 0 Å². The number of benzene rings is 1. The summed E-state index contributed by atoms with van der Waals surface area (Å²) < 4.78 is 0. The maximum atomic E-state index is 12.3. The smallest absolute Gasteiger partial charge is 0.249 e. The molecule has 0 spiro atoms. The van der Waals surface area contributed by atoms with Gasteiger partial charge in [0.05, 0.1) is 12.6 Å². The van der Waals surface area contributed by atoms with Crippen LogP contribution in [-0.2, 0) is 9.63 Å². The highest BCUT2D eigenvalue weighted by Gasteiger charge is 2.40. The first-order chi connectivity index (χ1) is 9.15. The first kappa shape index (κ1) is 15.6. The first-order valence-corrected chi connectivity index (χ1v) is 7.00. The van der Waals surface area contributed by atoms with E-state index in [1.165, 1.54) is 0 Å². The van der Waals surface area contributed by atoms with Crippen LogP contribution >= 0.6 is 24.0 Å². The summed E-state index contributed by atoms with van der Waals surface area (Å²) in [6.45, 7) is 0.581. The molecule has 2 N–H and O–H groups in total. The third-order valence-electron chi connectivity index (χ3n) is 3.90. The van der Waals surface area contributed by atoms with Crippen LogP contribution in [0.4, 0.5) is 0 Å². The molecule has 1 saturated heterocycles. The van der Waals surface area contributed by atoms with E-state index in [0.717, 1.165) is 24.8 Å². The van der Waals surface area contributed by atoms with Crippen molar-refractivity contribution in [2.45, 2.75) is 31.3 Å². The molecule has 1 aromatic rings. The van der Waals surface area contributed by atoms with Crippen LogP contribution in [0.25, 0.3) is 0 Å². The number of rotatable bonds is 2. The Bertz CT molecular complexity index is 475. The summed E-state index contributed by atoms with van der Waals surface area (Å²) >= 11 is 5.89. The van der Waals surface area contributed by atoms with Crippen molar-refractivity contribution in [3.63, 3.8) is 0 Å². The van der Waals surface area contributed by atoms with Gasteiger partial charge in [-0.3, -0.25) is 9.63 Å². The topological polar surface area (TPSA) is 55.6 Å². The molecule has 1 aliphatic carbocycles. The van der Waals surface area contributed by atoms with Gasteiger partial charge in [-0.15, -0.1) is 12.4 Å². The van der Waals surface area contributed by atoms with Crippen molar-refractivity contribution in [2.75, 3.05) is 6.61 Å². The predicted molar refractivity (Wildman–Crippen MR) is 79.6 cm³/mol. The highest BCUT2D eigenvalue weighted by Crippen LogP contribution is 2.36. The third-order valence-corrected chi connectivity index (χ3v) is 4.15. The van der Waals surface area contributed by atoms with E-state index in [2.05, 4.69) is 0 Å². The van der Waals surface area contributed by atoms with E-state index in [0.29, 0.717) is 11.6 Å². The molecule has 4 nitrogen and oxygen atoms in total. The van der Waals surface area contributed by atoms with E-state index in [1.54, 1.807) is 5.06 Å². The molecular formula is C14H18Cl2N2O2. The Hall–Kier alpha value is -0.810. The number of nitrogens with two attached hydrogens (primary N) is 1. The molecule has 1 aliphatic heterocycles. The number of hydrogen-bond acceptors (Lipinski definition) is 3. The molecule has 2 aliphatic rings. The van der Waals surface area contributed by atoms with Gasteiger partial charge in [0.1, 0.15) is 0 Å². The number of carbonyl (C=O) groups is 1. The molecule has 0 unspecified atom stereocenters. The van der Waals surface area contributed by atoms with Gasteiger partial charge in [0.15, 0.2) is 0 Å². The highest BCUT2D eigenvalue weighted by atomic mass is 35.5. The summed E-state index contributed by atoms with van der Waals surface area (Å²) in [5, 5.41) is 2.24. The Balaban J connectivity index is 0.00000147. The van der Waals surface area contributed by atoms with Gasteiger partial charge in [-0.05, 0) is 30.5 Å². The molecule has 3 rings (SSSR count). The molecule has 110 valence electrons. The highest BCUT2D eigenvalue weighted by molar-refractivity contribution is 6.30. The zero-order valence-corrected chi connectivity index (χ0v) is 12.6. The Morgan fingerprint density at radius 1 is 1.30 bits per heavy atom. The molecule has 1 amide bonds. The van der Waals surface area contributed by atoms with Gasteiger partial charge in [0.25, 0.3) is 0 Å². The summed E-state index contributed by atoms with van der Waals surface area (Å²) in [5.41, 5.74) is 6.81. The molecule has 0 radical (unpaired) electrons. The zero-order chi connectivity index (χ0) is 13.4. The maximum absolute atomic E-state index is 12.3. The van der Waals surface area contributed by atoms with Crippen molar-refractivity contribution in [2.24, 2.45) is 11.7 Å². The normalized spacial score (nSPS) is 28.7. The Labute approximate surface area is 129 Å². The third kappa shape index (κ3) is 2.93. The molecule has 1 heterocycles. The van der Waals surface area contributed by atoms with Gasteiger partial charge in [-0.2, -0.15) is 0 Å². The zero-order valence-electron chi connectivity index (χ0n) is 11.0. The van der Waals surface area contributed by atoms with Crippen LogP contribution in [0.1, 0.15) is 30.9 Å². The monoisotopic (exact) mass is 316 g/mol. The minimum absolute atomic E-state index is 0. The second kappa shape index (κ2) is 6.31. The predicted octanol–water partition coefficient (Wildman–Crippen LogP) is 2.70. The largest absolute Gasteiger partial charge is 0.328 e. The fraction of sp³-hybridized carbons (Fsp3) is 0.500. The minimum Gasteiger partial charge on any atom is -0.328 e. The van der Waals surface area contributed by atoms with Crippen LogP contribution < -0.4 is 5.73 Å². The lowest BCUT2D eigenvalue weighted by Crippen LogP contribution is -2.46. The lowest BCUT2D eigenvalue weighted by Gasteiger charge is -2.35. The van der Waals surface area contributed by atoms with Gasteiger partial charge < -0.3 is 5.73 Å². The number of amides is 1. The molecular weight excluding hydrogens is 299 g/mol. The van der Waals surface area contributed by atoms with Crippen LogP contribution in [0.15, 0.2) is 24.3 Å². The molecule has 0 aromatic heterocycles. The van der Waals surface area contributed by atoms with Crippen LogP contribution in [0, 0.1) is 5.92 Å². The van der Waals surface area contributed by atoms with Crippen molar-refractivity contribution >= 4 is 29.9 Å². The lowest BCUT2D eigenvalue weighted by atomic mass is 9.80. The number of hydroxylamine groups is 2. The number of carbonyl (C=O) groups excluding carboxylic acids is 1. The van der Waals surface area contributed by atoms with E-state index in [4.69, 9.17) is 22.2 Å². The molecule has 1 saturated carbocycles. The van der Waals surface area contributed by atoms with Crippen LogP contribution in [0.2, 0.25) is 5.02 Å². The Morgan fingerprint density at radius 3 is 2.55 bits per heavy atom. The van der Waals surface area contributed by atoms with Gasteiger partial charge >= 0.3 is 0 Å². The number of hydrogen-bond donors (Lipinski definition) is 1.